The molecule has 0 aliphatic carbocycles. The van der Waals surface area contributed by atoms with E-state index in [0.29, 0.717) is 0 Å². The first-order chi connectivity index (χ1) is 9.77. The summed E-state index contributed by atoms with van der Waals surface area (Å²) in [5.41, 5.74) is 0.0804. The summed E-state index contributed by atoms with van der Waals surface area (Å²) < 4.78 is 40.3. The van der Waals surface area contributed by atoms with Gasteiger partial charge >= 0.3 is 6.18 Å². The number of nitrogens with one attached hydrogen (secondary N) is 1. The number of hydrogen-bond acceptors (Lipinski definition) is 2. The van der Waals surface area contributed by atoms with E-state index in [-0.39, 0.29) is 16.3 Å². The van der Waals surface area contributed by atoms with Crippen molar-refractivity contribution in [2.75, 3.05) is 5.32 Å². The first kappa shape index (κ1) is 16.3. The van der Waals surface area contributed by atoms with Gasteiger partial charge in [-0.25, -0.2) is 4.98 Å². The molecule has 21 heavy (non-hydrogen) atoms. The van der Waals surface area contributed by atoms with Gasteiger partial charge in [0.2, 0.25) is 0 Å². The van der Waals surface area contributed by atoms with Crippen LogP contribution in [0.4, 0.5) is 19.0 Å². The zero-order chi connectivity index (χ0) is 15.6. The predicted molar refractivity (Wildman–Crippen MR) is 83.1 cm³/mol. The second-order valence-electron chi connectivity index (χ2n) is 4.47. The Hall–Kier alpha value is -1.08. The van der Waals surface area contributed by atoms with Crippen molar-refractivity contribution in [1.29, 1.82) is 0 Å². The van der Waals surface area contributed by atoms with Gasteiger partial charge in [0, 0.05) is 21.2 Å². The SMILES string of the molecule is CC(Nc1ncc(Br)cc1C(F)(F)F)c1ccc(Br)cc1. The third kappa shape index (κ3) is 4.20. The van der Waals surface area contributed by atoms with E-state index in [2.05, 4.69) is 42.2 Å². The molecule has 0 saturated heterocycles. The Labute approximate surface area is 137 Å². The van der Waals surface area contributed by atoms with Gasteiger partial charge in [0.05, 0.1) is 5.56 Å². The first-order valence-corrected chi connectivity index (χ1v) is 7.60. The largest absolute Gasteiger partial charge is 0.419 e. The second kappa shape index (κ2) is 6.36. The summed E-state index contributed by atoms with van der Waals surface area (Å²) in [5, 5.41) is 2.81. The monoisotopic (exact) mass is 422 g/mol. The maximum atomic E-state index is 13.0. The minimum absolute atomic E-state index is 0.180. The fourth-order valence-corrected chi connectivity index (χ4v) is 2.41. The molecule has 112 valence electrons. The number of nitrogens with zero attached hydrogens (tertiary/aromatic N) is 1. The zero-order valence-corrected chi connectivity index (χ0v) is 14.1. The molecule has 0 amide bonds. The van der Waals surface area contributed by atoms with Gasteiger partial charge in [-0.3, -0.25) is 0 Å². The third-order valence-corrected chi connectivity index (χ3v) is 3.85. The average molecular weight is 424 g/mol. The lowest BCUT2D eigenvalue weighted by molar-refractivity contribution is -0.137. The maximum Gasteiger partial charge on any atom is 0.419 e. The molecule has 1 aromatic carbocycles. The van der Waals surface area contributed by atoms with E-state index in [1.54, 1.807) is 6.92 Å². The molecule has 2 rings (SSSR count). The topological polar surface area (TPSA) is 24.9 Å². The second-order valence-corrected chi connectivity index (χ2v) is 6.30. The number of alkyl halides is 3. The van der Waals surface area contributed by atoms with Gasteiger partial charge in [0.15, 0.2) is 0 Å². The summed E-state index contributed by atoms with van der Waals surface area (Å²) in [6.45, 7) is 1.78. The Morgan fingerprint density at radius 1 is 1.10 bits per heavy atom. The fourth-order valence-electron chi connectivity index (χ4n) is 1.81. The third-order valence-electron chi connectivity index (χ3n) is 2.88. The molecule has 2 nitrogen and oxygen atoms in total. The van der Waals surface area contributed by atoms with E-state index in [1.807, 2.05) is 24.3 Å². The highest BCUT2D eigenvalue weighted by Gasteiger charge is 2.35. The molecule has 0 aliphatic heterocycles. The molecule has 0 saturated carbocycles. The molecule has 0 bridgehead atoms. The lowest BCUT2D eigenvalue weighted by atomic mass is 10.1. The van der Waals surface area contributed by atoms with Crippen LogP contribution < -0.4 is 5.32 Å². The van der Waals surface area contributed by atoms with E-state index >= 15 is 0 Å². The Balaban J connectivity index is 2.29. The number of halogens is 5. The number of anilines is 1. The molecule has 0 radical (unpaired) electrons. The Bertz CT molecular complexity index is 627. The molecule has 1 N–H and O–H groups in total. The van der Waals surface area contributed by atoms with Gasteiger partial charge in [0.1, 0.15) is 5.82 Å². The van der Waals surface area contributed by atoms with Crippen molar-refractivity contribution >= 4 is 37.7 Å². The van der Waals surface area contributed by atoms with Gasteiger partial charge in [-0.1, -0.05) is 28.1 Å². The highest BCUT2D eigenvalue weighted by atomic mass is 79.9. The molecule has 1 heterocycles. The molecule has 1 aromatic heterocycles. The van der Waals surface area contributed by atoms with Gasteiger partial charge in [-0.2, -0.15) is 13.2 Å². The normalized spacial score (nSPS) is 13.0. The van der Waals surface area contributed by atoms with Crippen LogP contribution in [0.5, 0.6) is 0 Å². The van der Waals surface area contributed by atoms with Crippen LogP contribution >= 0.6 is 31.9 Å². The van der Waals surface area contributed by atoms with Crippen LogP contribution in [0.25, 0.3) is 0 Å². The molecule has 0 fully saturated rings. The van der Waals surface area contributed by atoms with Gasteiger partial charge in [-0.15, -0.1) is 0 Å². The molecule has 0 spiro atoms. The number of pyridine rings is 1. The van der Waals surface area contributed by atoms with Crippen LogP contribution in [0.3, 0.4) is 0 Å². The van der Waals surface area contributed by atoms with E-state index in [1.165, 1.54) is 6.20 Å². The van der Waals surface area contributed by atoms with E-state index in [0.717, 1.165) is 16.1 Å². The highest BCUT2D eigenvalue weighted by Crippen LogP contribution is 2.36. The maximum absolute atomic E-state index is 13.0. The zero-order valence-electron chi connectivity index (χ0n) is 10.9. The Morgan fingerprint density at radius 2 is 1.71 bits per heavy atom. The number of aromatic nitrogens is 1. The van der Waals surface area contributed by atoms with Crippen molar-refractivity contribution < 1.29 is 13.2 Å². The highest BCUT2D eigenvalue weighted by molar-refractivity contribution is 9.10. The Morgan fingerprint density at radius 3 is 2.29 bits per heavy atom. The van der Waals surface area contributed by atoms with Crippen LogP contribution in [0.15, 0.2) is 45.5 Å². The van der Waals surface area contributed by atoms with E-state index in [4.69, 9.17) is 0 Å². The van der Waals surface area contributed by atoms with Crippen LogP contribution in [0, 0.1) is 0 Å². The minimum atomic E-state index is -4.46. The van der Waals surface area contributed by atoms with Crippen LogP contribution in [0.2, 0.25) is 0 Å². The molecule has 7 heteroatoms. The standard InChI is InChI=1S/C14H11Br2F3N2/c1-8(9-2-4-10(15)5-3-9)21-13-12(14(17,18)19)6-11(16)7-20-13/h2-8H,1H3,(H,20,21). The minimum Gasteiger partial charge on any atom is -0.363 e. The lowest BCUT2D eigenvalue weighted by Gasteiger charge is -2.19. The summed E-state index contributed by atoms with van der Waals surface area (Å²) in [6.07, 6.45) is -3.12. The number of benzene rings is 1. The van der Waals surface area contributed by atoms with Crippen LogP contribution in [0.1, 0.15) is 24.1 Å². The smallest absolute Gasteiger partial charge is 0.363 e. The number of hydrogen-bond donors (Lipinski definition) is 1. The van der Waals surface area contributed by atoms with E-state index in [9.17, 15) is 13.2 Å². The van der Waals surface area contributed by atoms with Crippen LogP contribution in [-0.2, 0) is 6.18 Å². The number of rotatable bonds is 3. The first-order valence-electron chi connectivity index (χ1n) is 6.02. The summed E-state index contributed by atoms with van der Waals surface area (Å²) in [6, 6.07) is 8.08. The van der Waals surface area contributed by atoms with Crippen molar-refractivity contribution in [1.82, 2.24) is 4.98 Å². The summed E-state index contributed by atoms with van der Waals surface area (Å²) in [4.78, 5) is 3.84. The van der Waals surface area contributed by atoms with Gasteiger partial charge < -0.3 is 5.32 Å². The predicted octanol–water partition coefficient (Wildman–Crippen LogP) is 5.80. The average Bonchev–Trinajstić information content (AvgIpc) is 2.40. The summed E-state index contributed by atoms with van der Waals surface area (Å²) >= 11 is 6.33. The molecule has 2 aromatic rings. The van der Waals surface area contributed by atoms with Crippen molar-refractivity contribution in [2.45, 2.75) is 19.1 Å². The molecule has 1 atom stereocenters. The molecular weight excluding hydrogens is 413 g/mol. The van der Waals surface area contributed by atoms with Crippen molar-refractivity contribution in [3.8, 4) is 0 Å². The van der Waals surface area contributed by atoms with Crippen molar-refractivity contribution in [3.05, 3.63) is 56.6 Å². The molecular formula is C14H11Br2F3N2. The summed E-state index contributed by atoms with van der Waals surface area (Å²) in [7, 11) is 0. The quantitative estimate of drug-likeness (QED) is 0.674. The lowest BCUT2D eigenvalue weighted by Crippen LogP contribution is -2.15. The van der Waals surface area contributed by atoms with Crippen molar-refractivity contribution in [3.63, 3.8) is 0 Å². The van der Waals surface area contributed by atoms with Gasteiger partial charge in [-0.05, 0) is 46.6 Å². The van der Waals surface area contributed by atoms with E-state index < -0.39 is 11.7 Å². The fraction of sp³-hybridized carbons (Fsp3) is 0.214. The Kier molecular flexibility index (Phi) is 4.93. The van der Waals surface area contributed by atoms with Crippen molar-refractivity contribution in [2.24, 2.45) is 0 Å². The molecule has 0 aliphatic rings. The van der Waals surface area contributed by atoms with Crippen LogP contribution in [-0.4, -0.2) is 4.98 Å². The van der Waals surface area contributed by atoms with Gasteiger partial charge in [0.25, 0.3) is 0 Å². The summed E-state index contributed by atoms with van der Waals surface area (Å²) in [5.74, 6) is -0.180. The molecule has 1 unspecified atom stereocenters.